The zero-order chi connectivity index (χ0) is 12.0. The third-order valence-electron chi connectivity index (χ3n) is 2.29. The molecule has 0 aliphatic carbocycles. The highest BCUT2D eigenvalue weighted by molar-refractivity contribution is 5.87. The molecule has 5 nitrogen and oxygen atoms in total. The monoisotopic (exact) mass is 215 g/mol. The molecular weight excluding hydrogens is 194 g/mol. The fraction of sp³-hybridized carbons (Fsp3) is 0.800. The molecule has 0 fully saturated rings. The van der Waals surface area contributed by atoms with Crippen molar-refractivity contribution in [3.05, 3.63) is 0 Å². The molecule has 2 amide bonds. The van der Waals surface area contributed by atoms with E-state index in [1.165, 1.54) is 0 Å². The third kappa shape index (κ3) is 5.37. The van der Waals surface area contributed by atoms with Crippen molar-refractivity contribution in [3.8, 4) is 0 Å². The van der Waals surface area contributed by atoms with Gasteiger partial charge in [-0.1, -0.05) is 0 Å². The molecular formula is C10H21N3O2. The van der Waals surface area contributed by atoms with Gasteiger partial charge >= 0.3 is 0 Å². The average molecular weight is 215 g/mol. The molecule has 0 rings (SSSR count). The summed E-state index contributed by atoms with van der Waals surface area (Å²) in [5.41, 5.74) is 0. The number of carbonyl (C=O) groups is 2. The first kappa shape index (κ1) is 13.9. The van der Waals surface area contributed by atoms with Crippen molar-refractivity contribution in [2.75, 3.05) is 20.6 Å². The highest BCUT2D eigenvalue weighted by Crippen LogP contribution is 1.92. The van der Waals surface area contributed by atoms with E-state index in [1.54, 1.807) is 14.0 Å². The van der Waals surface area contributed by atoms with Gasteiger partial charge in [0.05, 0.1) is 6.54 Å². The van der Waals surface area contributed by atoms with Gasteiger partial charge in [-0.05, 0) is 27.8 Å². The first-order chi connectivity index (χ1) is 6.88. The van der Waals surface area contributed by atoms with Crippen molar-refractivity contribution in [2.45, 2.75) is 32.9 Å². The lowest BCUT2D eigenvalue weighted by atomic mass is 10.3. The summed E-state index contributed by atoms with van der Waals surface area (Å²) in [6.45, 7) is 5.98. The van der Waals surface area contributed by atoms with Crippen molar-refractivity contribution in [2.24, 2.45) is 0 Å². The van der Waals surface area contributed by atoms with E-state index < -0.39 is 6.04 Å². The van der Waals surface area contributed by atoms with Gasteiger partial charge in [-0.2, -0.15) is 0 Å². The minimum Gasteiger partial charge on any atom is -0.357 e. The normalized spacial score (nSPS) is 12.7. The predicted molar refractivity (Wildman–Crippen MR) is 59.4 cm³/mol. The molecule has 0 bridgehead atoms. The summed E-state index contributed by atoms with van der Waals surface area (Å²) in [5.74, 6) is -0.321. The van der Waals surface area contributed by atoms with Crippen LogP contribution in [0.4, 0.5) is 0 Å². The molecule has 0 saturated heterocycles. The lowest BCUT2D eigenvalue weighted by molar-refractivity contribution is -0.128. The maximum absolute atomic E-state index is 11.5. The standard InChI is InChI=1S/C10H21N3O2/c1-7(2)13(5)6-9(14)12-8(3)10(15)11-4/h7-8H,6H2,1-5H3,(H,11,15)(H,12,14). The van der Waals surface area contributed by atoms with Crippen LogP contribution in [0.2, 0.25) is 0 Å². The summed E-state index contributed by atoms with van der Waals surface area (Å²) < 4.78 is 0. The predicted octanol–water partition coefficient (Wildman–Crippen LogP) is -0.423. The molecule has 0 heterocycles. The zero-order valence-corrected chi connectivity index (χ0v) is 10.1. The average Bonchev–Trinajstić information content (AvgIpc) is 2.15. The summed E-state index contributed by atoms with van der Waals surface area (Å²) >= 11 is 0. The van der Waals surface area contributed by atoms with Gasteiger partial charge in [-0.3, -0.25) is 14.5 Å². The van der Waals surface area contributed by atoms with Crippen LogP contribution in [0.1, 0.15) is 20.8 Å². The molecule has 0 aromatic carbocycles. The van der Waals surface area contributed by atoms with Crippen molar-refractivity contribution < 1.29 is 9.59 Å². The van der Waals surface area contributed by atoms with Crippen LogP contribution in [0, 0.1) is 0 Å². The van der Waals surface area contributed by atoms with Crippen molar-refractivity contribution in [3.63, 3.8) is 0 Å². The number of nitrogens with zero attached hydrogens (tertiary/aromatic N) is 1. The Bertz CT molecular complexity index is 229. The zero-order valence-electron chi connectivity index (χ0n) is 10.1. The molecule has 5 heteroatoms. The van der Waals surface area contributed by atoms with Crippen molar-refractivity contribution >= 4 is 11.8 Å². The van der Waals surface area contributed by atoms with Crippen LogP contribution in [0.25, 0.3) is 0 Å². The van der Waals surface area contributed by atoms with Crippen LogP contribution >= 0.6 is 0 Å². The number of nitrogens with one attached hydrogen (secondary N) is 2. The van der Waals surface area contributed by atoms with E-state index in [-0.39, 0.29) is 11.8 Å². The molecule has 0 aromatic rings. The second-order valence-corrected chi connectivity index (χ2v) is 3.91. The SMILES string of the molecule is CNC(=O)C(C)NC(=O)CN(C)C(C)C. The van der Waals surface area contributed by atoms with Crippen LogP contribution in [0.3, 0.4) is 0 Å². The maximum atomic E-state index is 11.5. The molecule has 0 aliphatic heterocycles. The molecule has 0 saturated carbocycles. The Morgan fingerprint density at radius 2 is 1.80 bits per heavy atom. The molecule has 15 heavy (non-hydrogen) atoms. The van der Waals surface area contributed by atoms with Crippen LogP contribution in [-0.4, -0.2) is 49.4 Å². The van der Waals surface area contributed by atoms with Crippen LogP contribution < -0.4 is 10.6 Å². The van der Waals surface area contributed by atoms with Crippen LogP contribution in [0.5, 0.6) is 0 Å². The van der Waals surface area contributed by atoms with Crippen molar-refractivity contribution in [1.82, 2.24) is 15.5 Å². The van der Waals surface area contributed by atoms with Gasteiger partial charge in [-0.15, -0.1) is 0 Å². The summed E-state index contributed by atoms with van der Waals surface area (Å²) in [6.07, 6.45) is 0. The minimum atomic E-state index is -0.483. The number of likely N-dealkylation sites (N-methyl/N-ethyl adjacent to an activating group) is 2. The summed E-state index contributed by atoms with van der Waals surface area (Å²) in [5, 5.41) is 5.10. The fourth-order valence-corrected chi connectivity index (χ4v) is 0.978. The van der Waals surface area contributed by atoms with E-state index in [1.807, 2.05) is 25.8 Å². The van der Waals surface area contributed by atoms with E-state index in [4.69, 9.17) is 0 Å². The number of hydrogen-bond acceptors (Lipinski definition) is 3. The minimum absolute atomic E-state index is 0.137. The molecule has 2 N–H and O–H groups in total. The first-order valence-corrected chi connectivity index (χ1v) is 5.09. The highest BCUT2D eigenvalue weighted by atomic mass is 16.2. The Labute approximate surface area is 91.2 Å². The fourth-order valence-electron chi connectivity index (χ4n) is 0.978. The Balaban J connectivity index is 3.98. The van der Waals surface area contributed by atoms with Crippen LogP contribution in [-0.2, 0) is 9.59 Å². The lowest BCUT2D eigenvalue weighted by Crippen LogP contribution is -2.47. The Morgan fingerprint density at radius 1 is 1.27 bits per heavy atom. The lowest BCUT2D eigenvalue weighted by Gasteiger charge is -2.21. The molecule has 0 aliphatic rings. The van der Waals surface area contributed by atoms with E-state index in [0.717, 1.165) is 0 Å². The van der Waals surface area contributed by atoms with Gasteiger partial charge in [0.15, 0.2) is 0 Å². The third-order valence-corrected chi connectivity index (χ3v) is 2.29. The van der Waals surface area contributed by atoms with E-state index in [0.29, 0.717) is 12.6 Å². The quantitative estimate of drug-likeness (QED) is 0.654. The second-order valence-electron chi connectivity index (χ2n) is 3.91. The number of amides is 2. The number of rotatable bonds is 5. The van der Waals surface area contributed by atoms with Gasteiger partial charge in [-0.25, -0.2) is 0 Å². The highest BCUT2D eigenvalue weighted by Gasteiger charge is 2.15. The molecule has 0 spiro atoms. The van der Waals surface area contributed by atoms with Crippen LogP contribution in [0.15, 0.2) is 0 Å². The maximum Gasteiger partial charge on any atom is 0.242 e. The summed E-state index contributed by atoms with van der Waals surface area (Å²) in [4.78, 5) is 24.5. The van der Waals surface area contributed by atoms with Gasteiger partial charge in [0.1, 0.15) is 6.04 Å². The second kappa shape index (κ2) is 6.40. The Morgan fingerprint density at radius 3 is 2.20 bits per heavy atom. The summed E-state index contributed by atoms with van der Waals surface area (Å²) in [6, 6.07) is -0.172. The molecule has 0 aromatic heterocycles. The Kier molecular flexibility index (Phi) is 5.93. The van der Waals surface area contributed by atoms with Gasteiger partial charge < -0.3 is 10.6 Å². The van der Waals surface area contributed by atoms with E-state index >= 15 is 0 Å². The first-order valence-electron chi connectivity index (χ1n) is 5.09. The molecule has 0 radical (unpaired) electrons. The Hall–Kier alpha value is -1.10. The summed E-state index contributed by atoms with van der Waals surface area (Å²) in [7, 11) is 3.42. The van der Waals surface area contributed by atoms with E-state index in [2.05, 4.69) is 10.6 Å². The van der Waals surface area contributed by atoms with Crippen molar-refractivity contribution in [1.29, 1.82) is 0 Å². The molecule has 1 unspecified atom stereocenters. The van der Waals surface area contributed by atoms with Gasteiger partial charge in [0.25, 0.3) is 0 Å². The smallest absolute Gasteiger partial charge is 0.242 e. The molecule has 1 atom stereocenters. The number of hydrogen-bond donors (Lipinski definition) is 2. The van der Waals surface area contributed by atoms with Gasteiger partial charge in [0.2, 0.25) is 11.8 Å². The molecule has 88 valence electrons. The number of carbonyl (C=O) groups excluding carboxylic acids is 2. The van der Waals surface area contributed by atoms with E-state index in [9.17, 15) is 9.59 Å². The topological polar surface area (TPSA) is 61.4 Å². The largest absolute Gasteiger partial charge is 0.357 e. The van der Waals surface area contributed by atoms with Gasteiger partial charge in [0, 0.05) is 13.1 Å².